The van der Waals surface area contributed by atoms with E-state index in [1.165, 1.54) is 19.3 Å². The summed E-state index contributed by atoms with van der Waals surface area (Å²) in [5.41, 5.74) is 0.551. The van der Waals surface area contributed by atoms with Crippen molar-refractivity contribution in [3.05, 3.63) is 23.8 Å². The zero-order valence-corrected chi connectivity index (χ0v) is 18.7. The Labute approximate surface area is 189 Å². The highest BCUT2D eigenvalue weighted by Crippen LogP contribution is 2.60. The summed E-state index contributed by atoms with van der Waals surface area (Å²) in [7, 11) is 0. The van der Waals surface area contributed by atoms with E-state index in [1.807, 2.05) is 0 Å². The van der Waals surface area contributed by atoms with Crippen LogP contribution >= 0.6 is 0 Å². The maximum absolute atomic E-state index is 13.5. The van der Waals surface area contributed by atoms with Crippen LogP contribution in [0.1, 0.15) is 48.9 Å². The molecule has 4 bridgehead atoms. The smallest absolute Gasteiger partial charge is 0.251 e. The Kier molecular flexibility index (Phi) is 5.05. The Hall–Kier alpha value is -2.28. The molecule has 0 unspecified atom stereocenters. The fourth-order valence-corrected chi connectivity index (χ4v) is 7.35. The fraction of sp³-hybridized carbons (Fsp3) is 0.680. The molecule has 172 valence electrons. The molecule has 2 aliphatic heterocycles. The van der Waals surface area contributed by atoms with Gasteiger partial charge in [-0.25, -0.2) is 0 Å². The number of carbonyl (C=O) groups is 2. The average molecular weight is 440 g/mol. The predicted molar refractivity (Wildman–Crippen MR) is 119 cm³/mol. The third-order valence-corrected chi connectivity index (χ3v) is 8.50. The number of nitrogens with one attached hydrogen (secondary N) is 1. The van der Waals surface area contributed by atoms with Crippen LogP contribution in [0, 0.1) is 23.2 Å². The van der Waals surface area contributed by atoms with Gasteiger partial charge in [-0.05, 0) is 74.5 Å². The standard InChI is InChI=1S/C25H33N3O4/c29-23(20-1-2-21-22(12-20)32-16-31-21)26-3-4-27-5-7-28(8-6-27)24(30)25-13-17-9-18(14-25)11-19(10-17)15-25/h1-2,12,17-19H,3-11,13-16H2,(H,26,29). The van der Waals surface area contributed by atoms with Gasteiger partial charge in [0.05, 0.1) is 5.41 Å². The SMILES string of the molecule is O=C(NCCN1CCN(C(=O)C23CC4CC(CC(C4)C2)C3)CC1)c1ccc2c(c1)OCO2. The molecule has 1 aromatic rings. The number of ether oxygens (including phenoxy) is 2. The summed E-state index contributed by atoms with van der Waals surface area (Å²) in [5, 5.41) is 3.00. The molecular formula is C25H33N3O4. The van der Waals surface area contributed by atoms with Crippen LogP contribution in [0.2, 0.25) is 0 Å². The van der Waals surface area contributed by atoms with Gasteiger partial charge in [-0.1, -0.05) is 0 Å². The number of carbonyl (C=O) groups excluding carboxylic acids is 2. The van der Waals surface area contributed by atoms with E-state index < -0.39 is 0 Å². The van der Waals surface area contributed by atoms with Crippen molar-refractivity contribution in [2.45, 2.75) is 38.5 Å². The van der Waals surface area contributed by atoms with E-state index in [9.17, 15) is 9.59 Å². The van der Waals surface area contributed by atoms with Crippen molar-refractivity contribution < 1.29 is 19.1 Å². The van der Waals surface area contributed by atoms with Crippen molar-refractivity contribution in [1.29, 1.82) is 0 Å². The maximum Gasteiger partial charge on any atom is 0.251 e. The molecule has 32 heavy (non-hydrogen) atoms. The molecule has 1 aromatic carbocycles. The molecule has 4 saturated carbocycles. The van der Waals surface area contributed by atoms with E-state index in [2.05, 4.69) is 15.1 Å². The van der Waals surface area contributed by atoms with Crippen molar-refractivity contribution in [3.63, 3.8) is 0 Å². The first-order chi connectivity index (χ1) is 15.6. The molecule has 0 aromatic heterocycles. The van der Waals surface area contributed by atoms with E-state index in [1.54, 1.807) is 18.2 Å². The van der Waals surface area contributed by atoms with E-state index in [0.29, 0.717) is 29.5 Å². The molecule has 1 saturated heterocycles. The largest absolute Gasteiger partial charge is 0.454 e. The molecule has 0 spiro atoms. The molecule has 0 radical (unpaired) electrons. The van der Waals surface area contributed by atoms with Crippen molar-refractivity contribution in [2.24, 2.45) is 23.2 Å². The number of hydrogen-bond acceptors (Lipinski definition) is 5. The maximum atomic E-state index is 13.5. The minimum absolute atomic E-state index is 0.0322. The van der Waals surface area contributed by atoms with Crippen LogP contribution in [0.25, 0.3) is 0 Å². The Morgan fingerprint density at radius 3 is 2.28 bits per heavy atom. The van der Waals surface area contributed by atoms with E-state index >= 15 is 0 Å². The van der Waals surface area contributed by atoms with Gasteiger partial charge in [-0.3, -0.25) is 14.5 Å². The Bertz CT molecular complexity index is 873. The van der Waals surface area contributed by atoms with Crippen LogP contribution in [-0.4, -0.2) is 67.7 Å². The minimum Gasteiger partial charge on any atom is -0.454 e. The van der Waals surface area contributed by atoms with E-state index in [4.69, 9.17) is 9.47 Å². The first-order valence-electron chi connectivity index (χ1n) is 12.3. The predicted octanol–water partition coefficient (Wildman–Crippen LogP) is 2.51. The lowest BCUT2D eigenvalue weighted by Gasteiger charge is -2.57. The minimum atomic E-state index is -0.0982. The molecular weight excluding hydrogens is 406 g/mol. The number of amides is 2. The summed E-state index contributed by atoms with van der Waals surface area (Å²) >= 11 is 0. The molecule has 7 heteroatoms. The lowest BCUT2D eigenvalue weighted by Crippen LogP contribution is -2.58. The molecule has 7 nitrogen and oxygen atoms in total. The fourth-order valence-electron chi connectivity index (χ4n) is 7.35. The molecule has 2 amide bonds. The average Bonchev–Trinajstić information content (AvgIpc) is 3.26. The van der Waals surface area contributed by atoms with Crippen molar-refractivity contribution in [3.8, 4) is 11.5 Å². The highest BCUT2D eigenvalue weighted by atomic mass is 16.7. The Morgan fingerprint density at radius 2 is 1.59 bits per heavy atom. The lowest BCUT2D eigenvalue weighted by atomic mass is 9.49. The third kappa shape index (κ3) is 3.64. The van der Waals surface area contributed by atoms with Crippen LogP contribution in [0.5, 0.6) is 11.5 Å². The van der Waals surface area contributed by atoms with Gasteiger partial charge in [0.25, 0.3) is 5.91 Å². The number of piperazine rings is 1. The molecule has 0 atom stereocenters. The second-order valence-electron chi connectivity index (χ2n) is 10.7. The van der Waals surface area contributed by atoms with Gasteiger partial charge in [0.2, 0.25) is 12.7 Å². The van der Waals surface area contributed by atoms with E-state index in [0.717, 1.165) is 69.7 Å². The molecule has 4 aliphatic carbocycles. The summed E-state index contributed by atoms with van der Waals surface area (Å²) in [6.07, 6.45) is 7.55. The summed E-state index contributed by atoms with van der Waals surface area (Å²) in [6.45, 7) is 5.01. The molecule has 5 fully saturated rings. The van der Waals surface area contributed by atoms with Crippen molar-refractivity contribution in [1.82, 2.24) is 15.1 Å². The summed E-state index contributed by atoms with van der Waals surface area (Å²) in [5.74, 6) is 4.07. The third-order valence-electron chi connectivity index (χ3n) is 8.50. The highest BCUT2D eigenvalue weighted by molar-refractivity contribution is 5.94. The zero-order valence-electron chi connectivity index (χ0n) is 18.7. The normalized spacial score (nSPS) is 32.9. The van der Waals surface area contributed by atoms with Crippen LogP contribution in [0.4, 0.5) is 0 Å². The van der Waals surface area contributed by atoms with Crippen LogP contribution in [0.3, 0.4) is 0 Å². The highest BCUT2D eigenvalue weighted by Gasteiger charge is 2.55. The number of hydrogen-bond donors (Lipinski definition) is 1. The molecule has 7 rings (SSSR count). The van der Waals surface area contributed by atoms with Gasteiger partial charge >= 0.3 is 0 Å². The van der Waals surface area contributed by atoms with Gasteiger partial charge in [0.1, 0.15) is 0 Å². The first-order valence-corrected chi connectivity index (χ1v) is 12.3. The Balaban J connectivity index is 0.971. The topological polar surface area (TPSA) is 71.1 Å². The second-order valence-corrected chi connectivity index (χ2v) is 10.7. The van der Waals surface area contributed by atoms with E-state index in [-0.39, 0.29) is 18.1 Å². The van der Waals surface area contributed by atoms with Crippen LogP contribution in [0.15, 0.2) is 18.2 Å². The van der Waals surface area contributed by atoms with Crippen LogP contribution < -0.4 is 14.8 Å². The van der Waals surface area contributed by atoms with Crippen molar-refractivity contribution in [2.75, 3.05) is 46.1 Å². The Morgan fingerprint density at radius 1 is 0.938 bits per heavy atom. The summed E-state index contributed by atoms with van der Waals surface area (Å²) < 4.78 is 10.7. The second kappa shape index (κ2) is 7.94. The first kappa shape index (κ1) is 20.3. The molecule has 2 heterocycles. The van der Waals surface area contributed by atoms with Gasteiger partial charge in [-0.2, -0.15) is 0 Å². The van der Waals surface area contributed by atoms with Gasteiger partial charge in [-0.15, -0.1) is 0 Å². The monoisotopic (exact) mass is 439 g/mol. The van der Waals surface area contributed by atoms with Crippen molar-refractivity contribution >= 4 is 11.8 Å². The van der Waals surface area contributed by atoms with Gasteiger partial charge < -0.3 is 19.7 Å². The van der Waals surface area contributed by atoms with Gasteiger partial charge in [0.15, 0.2) is 11.5 Å². The number of fused-ring (bicyclic) bond motifs is 1. The molecule has 1 N–H and O–H groups in total. The lowest BCUT2D eigenvalue weighted by molar-refractivity contribution is -0.159. The summed E-state index contributed by atoms with van der Waals surface area (Å²) in [6, 6.07) is 5.27. The number of nitrogens with zero attached hydrogens (tertiary/aromatic N) is 2. The molecule has 6 aliphatic rings. The summed E-state index contributed by atoms with van der Waals surface area (Å²) in [4.78, 5) is 30.5. The van der Waals surface area contributed by atoms with Crippen LogP contribution in [-0.2, 0) is 4.79 Å². The zero-order chi connectivity index (χ0) is 21.7. The quantitative estimate of drug-likeness (QED) is 0.763. The van der Waals surface area contributed by atoms with Gasteiger partial charge in [0, 0.05) is 44.8 Å². The number of benzene rings is 1. The number of rotatable bonds is 5.